The number of piperidine rings is 1. The first-order chi connectivity index (χ1) is 14.6. The highest BCUT2D eigenvalue weighted by Gasteiger charge is 2.56. The Morgan fingerprint density at radius 3 is 2.42 bits per heavy atom. The first-order valence-corrected chi connectivity index (χ1v) is 11.3. The van der Waals surface area contributed by atoms with Crippen LogP contribution in [0.1, 0.15) is 50.8 Å². The van der Waals surface area contributed by atoms with Crippen LogP contribution in [0.4, 0.5) is 14.5 Å². The highest BCUT2D eigenvalue weighted by molar-refractivity contribution is 6.31. The Labute approximate surface area is 212 Å². The SMILES string of the molecule is CC(CN1CCC2(C)c3c(Cl)ccc(N)c3CC1C2(C)C)OCc1c(F)cccc1F.Cl.Cl. The van der Waals surface area contributed by atoms with Crippen molar-refractivity contribution in [3.8, 4) is 0 Å². The first kappa shape index (κ1) is 28.1. The molecular formula is C25H33Cl3F2N2O. The lowest BCUT2D eigenvalue weighted by molar-refractivity contribution is -0.0651. The Hall–Kier alpha value is -1.11. The normalized spacial score (nSPS) is 24.3. The van der Waals surface area contributed by atoms with Crippen molar-refractivity contribution in [1.82, 2.24) is 4.90 Å². The summed E-state index contributed by atoms with van der Waals surface area (Å²) in [5, 5.41) is 0.801. The van der Waals surface area contributed by atoms with Gasteiger partial charge in [0.25, 0.3) is 0 Å². The van der Waals surface area contributed by atoms with Gasteiger partial charge in [-0.2, -0.15) is 0 Å². The number of rotatable bonds is 5. The number of hydrogen-bond acceptors (Lipinski definition) is 3. The number of nitrogens with two attached hydrogens (primary N) is 1. The lowest BCUT2D eigenvalue weighted by Crippen LogP contribution is -2.64. The third-order valence-electron chi connectivity index (χ3n) is 7.91. The second kappa shape index (κ2) is 10.2. The van der Waals surface area contributed by atoms with Crippen LogP contribution in [0.3, 0.4) is 0 Å². The maximum Gasteiger partial charge on any atom is 0.131 e. The van der Waals surface area contributed by atoms with Gasteiger partial charge in [-0.25, -0.2) is 8.78 Å². The van der Waals surface area contributed by atoms with Gasteiger partial charge in [-0.1, -0.05) is 38.4 Å². The smallest absolute Gasteiger partial charge is 0.131 e. The number of likely N-dealkylation sites (tertiary alicyclic amines) is 1. The van der Waals surface area contributed by atoms with Gasteiger partial charge < -0.3 is 10.5 Å². The highest BCUT2D eigenvalue weighted by atomic mass is 35.5. The van der Waals surface area contributed by atoms with E-state index in [0.29, 0.717) is 6.54 Å². The summed E-state index contributed by atoms with van der Waals surface area (Å²) in [6, 6.07) is 7.98. The number of halogens is 5. The Morgan fingerprint density at radius 1 is 1.15 bits per heavy atom. The van der Waals surface area contributed by atoms with E-state index in [-0.39, 0.29) is 60.0 Å². The predicted molar refractivity (Wildman–Crippen MR) is 136 cm³/mol. The fraction of sp³-hybridized carbons (Fsp3) is 0.520. The molecule has 4 rings (SSSR count). The van der Waals surface area contributed by atoms with E-state index < -0.39 is 11.6 Å². The van der Waals surface area contributed by atoms with Gasteiger partial charge in [-0.15, -0.1) is 24.8 Å². The zero-order chi connectivity index (χ0) is 22.6. The van der Waals surface area contributed by atoms with E-state index >= 15 is 0 Å². The van der Waals surface area contributed by atoms with Gasteiger partial charge in [0.05, 0.1) is 12.7 Å². The van der Waals surface area contributed by atoms with Crippen LogP contribution in [-0.4, -0.2) is 30.1 Å². The molecule has 2 aromatic rings. The van der Waals surface area contributed by atoms with Crippen molar-refractivity contribution in [2.45, 2.75) is 64.7 Å². The molecule has 2 bridgehead atoms. The topological polar surface area (TPSA) is 38.5 Å². The summed E-state index contributed by atoms with van der Waals surface area (Å²) in [7, 11) is 0. The summed E-state index contributed by atoms with van der Waals surface area (Å²) in [6.07, 6.45) is 1.62. The maximum atomic E-state index is 13.9. The van der Waals surface area contributed by atoms with Crippen LogP contribution in [0.15, 0.2) is 30.3 Å². The van der Waals surface area contributed by atoms with Crippen molar-refractivity contribution in [3.05, 3.63) is 63.7 Å². The van der Waals surface area contributed by atoms with Gasteiger partial charge in [-0.05, 0) is 67.1 Å². The summed E-state index contributed by atoms with van der Waals surface area (Å²) in [4.78, 5) is 2.45. The van der Waals surface area contributed by atoms with Crippen molar-refractivity contribution >= 4 is 42.1 Å². The molecule has 184 valence electrons. The summed E-state index contributed by atoms with van der Waals surface area (Å²) in [5.41, 5.74) is 9.42. The van der Waals surface area contributed by atoms with Crippen molar-refractivity contribution in [3.63, 3.8) is 0 Å². The highest BCUT2D eigenvalue weighted by Crippen LogP contribution is 2.58. The molecule has 1 heterocycles. The molecule has 2 aliphatic rings. The quantitative estimate of drug-likeness (QED) is 0.453. The number of anilines is 1. The molecule has 0 amide bonds. The Balaban J connectivity index is 0.00000193. The minimum absolute atomic E-state index is 0. The maximum absolute atomic E-state index is 13.9. The van der Waals surface area contributed by atoms with E-state index in [2.05, 4.69) is 25.7 Å². The Kier molecular flexibility index (Phi) is 8.74. The van der Waals surface area contributed by atoms with Crippen molar-refractivity contribution < 1.29 is 13.5 Å². The van der Waals surface area contributed by atoms with Crippen molar-refractivity contribution in [1.29, 1.82) is 0 Å². The molecule has 1 saturated heterocycles. The van der Waals surface area contributed by atoms with E-state index in [4.69, 9.17) is 22.1 Å². The largest absolute Gasteiger partial charge is 0.398 e. The van der Waals surface area contributed by atoms with Crippen LogP contribution in [0.25, 0.3) is 0 Å². The fourth-order valence-electron chi connectivity index (χ4n) is 5.64. The van der Waals surface area contributed by atoms with E-state index in [9.17, 15) is 8.78 Å². The molecule has 0 saturated carbocycles. The van der Waals surface area contributed by atoms with Crippen LogP contribution >= 0.6 is 36.4 Å². The standard InChI is InChI=1S/C25H31ClF2N2O.2ClH/c1-15(31-14-17-19(27)6-5-7-20(17)28)13-30-11-10-25(4)23-16(12-22(30)24(25,2)3)21(29)9-8-18(23)26;;/h5-9,15,22H,10-14,29H2,1-4H3;2*1H. The van der Waals surface area contributed by atoms with E-state index in [0.717, 1.165) is 35.7 Å². The average molecular weight is 522 g/mol. The number of fused-ring (bicyclic) bond motifs is 4. The third kappa shape index (κ3) is 4.72. The van der Waals surface area contributed by atoms with Crippen LogP contribution in [-0.2, 0) is 23.2 Å². The van der Waals surface area contributed by atoms with Gasteiger partial charge in [0.1, 0.15) is 11.6 Å². The second-order valence-corrected chi connectivity index (χ2v) is 10.2. The average Bonchev–Trinajstić information content (AvgIpc) is 2.68. The molecule has 1 fully saturated rings. The van der Waals surface area contributed by atoms with Crippen LogP contribution in [0, 0.1) is 17.0 Å². The second-order valence-electron chi connectivity index (χ2n) is 9.83. The van der Waals surface area contributed by atoms with Crippen LogP contribution < -0.4 is 5.73 Å². The van der Waals surface area contributed by atoms with Gasteiger partial charge in [-0.3, -0.25) is 4.90 Å². The molecule has 0 radical (unpaired) electrons. The van der Waals surface area contributed by atoms with E-state index in [1.807, 2.05) is 19.1 Å². The molecule has 1 aliphatic heterocycles. The number of nitrogen functional groups attached to an aromatic ring is 1. The van der Waals surface area contributed by atoms with Gasteiger partial charge in [0, 0.05) is 34.3 Å². The molecule has 2 N–H and O–H groups in total. The van der Waals surface area contributed by atoms with E-state index in [1.54, 1.807) is 0 Å². The Bertz CT molecular complexity index is 984. The summed E-state index contributed by atoms with van der Waals surface area (Å²) < 4.78 is 33.7. The number of benzene rings is 2. The number of nitrogens with zero attached hydrogens (tertiary/aromatic N) is 1. The van der Waals surface area contributed by atoms with Gasteiger partial charge in [0.2, 0.25) is 0 Å². The lowest BCUT2D eigenvalue weighted by atomic mass is 9.51. The molecule has 3 unspecified atom stereocenters. The summed E-state index contributed by atoms with van der Waals surface area (Å²) in [5.74, 6) is -1.14. The first-order valence-electron chi connectivity index (χ1n) is 10.9. The van der Waals surface area contributed by atoms with Crippen LogP contribution in [0.5, 0.6) is 0 Å². The molecule has 3 atom stereocenters. The molecule has 33 heavy (non-hydrogen) atoms. The summed E-state index contributed by atoms with van der Waals surface area (Å²) in [6.45, 7) is 10.4. The van der Waals surface area contributed by atoms with Gasteiger partial charge in [0.15, 0.2) is 0 Å². The van der Waals surface area contributed by atoms with Crippen molar-refractivity contribution in [2.24, 2.45) is 5.41 Å². The minimum Gasteiger partial charge on any atom is -0.398 e. The van der Waals surface area contributed by atoms with Crippen LogP contribution in [0.2, 0.25) is 5.02 Å². The minimum atomic E-state index is -0.571. The molecule has 0 spiro atoms. The number of ether oxygens (including phenoxy) is 1. The molecule has 1 aliphatic carbocycles. The summed E-state index contributed by atoms with van der Waals surface area (Å²) >= 11 is 6.67. The molecular weight excluding hydrogens is 489 g/mol. The molecule has 3 nitrogen and oxygen atoms in total. The third-order valence-corrected chi connectivity index (χ3v) is 8.22. The number of hydrogen-bond donors (Lipinski definition) is 1. The molecule has 0 aromatic heterocycles. The zero-order valence-electron chi connectivity index (χ0n) is 19.5. The molecule has 8 heteroatoms. The van der Waals surface area contributed by atoms with Crippen molar-refractivity contribution in [2.75, 3.05) is 18.8 Å². The zero-order valence-corrected chi connectivity index (χ0v) is 21.8. The van der Waals surface area contributed by atoms with Gasteiger partial charge >= 0.3 is 0 Å². The molecule has 2 aromatic carbocycles. The monoisotopic (exact) mass is 520 g/mol. The predicted octanol–water partition coefficient (Wildman–Crippen LogP) is 6.56. The lowest BCUT2D eigenvalue weighted by Gasteiger charge is -2.61. The fourth-order valence-corrected chi connectivity index (χ4v) is 6.03. The van der Waals surface area contributed by atoms with E-state index in [1.165, 1.54) is 23.8 Å². The Morgan fingerprint density at radius 2 is 1.79 bits per heavy atom.